The van der Waals surface area contributed by atoms with Crippen LogP contribution in [0.25, 0.3) is 0 Å². The van der Waals surface area contributed by atoms with E-state index in [0.717, 1.165) is 6.54 Å². The van der Waals surface area contributed by atoms with Crippen molar-refractivity contribution < 1.29 is 13.2 Å². The normalized spacial score (nSPS) is 32.1. The van der Waals surface area contributed by atoms with Crippen molar-refractivity contribution in [1.82, 2.24) is 4.90 Å². The number of nitrogens with zero attached hydrogens (tertiary/aromatic N) is 1. The molecule has 2 nitrogen and oxygen atoms in total. The third kappa shape index (κ3) is 2.69. The van der Waals surface area contributed by atoms with Gasteiger partial charge in [-0.2, -0.15) is 13.2 Å². The molecule has 0 aromatic carbocycles. The van der Waals surface area contributed by atoms with Gasteiger partial charge in [0.05, 0.1) is 5.92 Å². The third-order valence-electron chi connectivity index (χ3n) is 4.04. The van der Waals surface area contributed by atoms with Crippen molar-refractivity contribution >= 4 is 0 Å². The lowest BCUT2D eigenvalue weighted by molar-refractivity contribution is -0.187. The van der Waals surface area contributed by atoms with Crippen molar-refractivity contribution in [3.05, 3.63) is 0 Å². The first-order valence-corrected chi connectivity index (χ1v) is 5.84. The Morgan fingerprint density at radius 1 is 1.31 bits per heavy atom. The Balaban J connectivity index is 2.64. The molecule has 5 heteroatoms. The Kier molecular flexibility index (Phi) is 4.23. The molecule has 1 aliphatic rings. The summed E-state index contributed by atoms with van der Waals surface area (Å²) in [6.07, 6.45) is -2.50. The number of likely N-dealkylation sites (N-methyl/N-ethyl adjacent to an activating group) is 1. The molecule has 0 aromatic rings. The molecule has 0 spiro atoms. The predicted molar refractivity (Wildman–Crippen MR) is 58.1 cm³/mol. The summed E-state index contributed by atoms with van der Waals surface area (Å²) >= 11 is 0. The average Bonchev–Trinajstić information content (AvgIpc) is 2.26. The van der Waals surface area contributed by atoms with Crippen LogP contribution in [-0.2, 0) is 0 Å². The summed E-state index contributed by atoms with van der Waals surface area (Å²) < 4.78 is 37.6. The molecule has 0 heterocycles. The lowest BCUT2D eigenvalue weighted by Gasteiger charge is -2.45. The van der Waals surface area contributed by atoms with E-state index in [-0.39, 0.29) is 18.4 Å². The average molecular weight is 238 g/mol. The Bertz CT molecular complexity index is 220. The zero-order valence-corrected chi connectivity index (χ0v) is 9.98. The molecule has 0 aliphatic heterocycles. The van der Waals surface area contributed by atoms with Gasteiger partial charge in [-0.15, -0.1) is 0 Å². The van der Waals surface area contributed by atoms with E-state index in [2.05, 4.69) is 4.90 Å². The quantitative estimate of drug-likeness (QED) is 0.818. The highest BCUT2D eigenvalue weighted by Gasteiger charge is 2.46. The highest BCUT2D eigenvalue weighted by atomic mass is 19.4. The summed E-state index contributed by atoms with van der Waals surface area (Å²) in [5.41, 5.74) is 5.53. The number of halogens is 3. The van der Waals surface area contributed by atoms with Crippen molar-refractivity contribution in [3.8, 4) is 0 Å². The Morgan fingerprint density at radius 3 is 2.12 bits per heavy atom. The molecule has 1 fully saturated rings. The number of hydrogen-bond donors (Lipinski definition) is 1. The summed E-state index contributed by atoms with van der Waals surface area (Å²) in [5, 5.41) is 0. The van der Waals surface area contributed by atoms with Crippen LogP contribution in [0.1, 0.15) is 32.6 Å². The second kappa shape index (κ2) is 4.92. The molecule has 1 rings (SSSR count). The van der Waals surface area contributed by atoms with Crippen LogP contribution in [0.5, 0.6) is 0 Å². The van der Waals surface area contributed by atoms with Gasteiger partial charge in [-0.1, -0.05) is 6.92 Å². The maximum absolute atomic E-state index is 12.5. The van der Waals surface area contributed by atoms with Gasteiger partial charge < -0.3 is 5.73 Å². The highest BCUT2D eigenvalue weighted by molar-refractivity contribution is 4.95. The number of rotatable bonds is 3. The van der Waals surface area contributed by atoms with Gasteiger partial charge >= 0.3 is 6.18 Å². The van der Waals surface area contributed by atoms with Crippen LogP contribution in [0, 0.1) is 5.92 Å². The first-order chi connectivity index (χ1) is 7.35. The van der Waals surface area contributed by atoms with Crippen LogP contribution >= 0.6 is 0 Å². The molecule has 0 saturated heterocycles. The Labute approximate surface area is 95.0 Å². The molecule has 0 radical (unpaired) electrons. The molecular formula is C11H21F3N2. The van der Waals surface area contributed by atoms with E-state index in [1.54, 1.807) is 0 Å². The number of hydrogen-bond acceptors (Lipinski definition) is 2. The third-order valence-corrected chi connectivity index (χ3v) is 4.04. The van der Waals surface area contributed by atoms with E-state index in [1.807, 2.05) is 14.0 Å². The smallest absolute Gasteiger partial charge is 0.329 e. The molecular weight excluding hydrogens is 217 g/mol. The van der Waals surface area contributed by atoms with Crippen LogP contribution in [0.3, 0.4) is 0 Å². The summed E-state index contributed by atoms with van der Waals surface area (Å²) in [4.78, 5) is 2.10. The number of nitrogens with two attached hydrogens (primary N) is 1. The van der Waals surface area contributed by atoms with E-state index >= 15 is 0 Å². The maximum Gasteiger partial charge on any atom is 0.391 e. The van der Waals surface area contributed by atoms with E-state index in [0.29, 0.717) is 19.4 Å². The Morgan fingerprint density at radius 2 is 1.81 bits per heavy atom. The van der Waals surface area contributed by atoms with E-state index in [9.17, 15) is 13.2 Å². The molecule has 2 N–H and O–H groups in total. The minimum atomic E-state index is -4.04. The zero-order chi connectivity index (χ0) is 12.4. The molecule has 0 amide bonds. The minimum absolute atomic E-state index is 0.212. The van der Waals surface area contributed by atoms with Crippen LogP contribution in [0.15, 0.2) is 0 Å². The van der Waals surface area contributed by atoms with E-state index in [1.165, 1.54) is 0 Å². The van der Waals surface area contributed by atoms with Crippen LogP contribution in [-0.4, -0.2) is 36.8 Å². The van der Waals surface area contributed by atoms with Gasteiger partial charge in [-0.25, -0.2) is 0 Å². The fourth-order valence-corrected chi connectivity index (χ4v) is 2.56. The summed E-state index contributed by atoms with van der Waals surface area (Å²) in [6.45, 7) is 3.28. The van der Waals surface area contributed by atoms with Gasteiger partial charge in [0.1, 0.15) is 0 Å². The molecule has 1 aliphatic carbocycles. The van der Waals surface area contributed by atoms with Crippen molar-refractivity contribution in [3.63, 3.8) is 0 Å². The predicted octanol–water partition coefficient (Wildman–Crippen LogP) is 2.39. The zero-order valence-electron chi connectivity index (χ0n) is 9.98. The highest BCUT2D eigenvalue weighted by Crippen LogP contribution is 2.42. The fourth-order valence-electron chi connectivity index (χ4n) is 2.56. The Hall–Kier alpha value is -0.290. The lowest BCUT2D eigenvalue weighted by Crippen LogP contribution is -2.54. The van der Waals surface area contributed by atoms with Crippen molar-refractivity contribution in [1.29, 1.82) is 0 Å². The first-order valence-electron chi connectivity index (χ1n) is 5.84. The molecule has 0 bridgehead atoms. The SMILES string of the molecule is CCN(C)C1(CN)CCC(C(F)(F)F)CC1. The molecule has 0 atom stereocenters. The lowest BCUT2D eigenvalue weighted by atomic mass is 9.75. The van der Waals surface area contributed by atoms with Gasteiger partial charge in [0, 0.05) is 12.1 Å². The fraction of sp³-hybridized carbons (Fsp3) is 1.00. The van der Waals surface area contributed by atoms with Gasteiger partial charge in [-0.05, 0) is 39.3 Å². The molecule has 16 heavy (non-hydrogen) atoms. The van der Waals surface area contributed by atoms with Crippen LogP contribution in [0.4, 0.5) is 13.2 Å². The summed E-state index contributed by atoms with van der Waals surface area (Å²) in [5.74, 6) is -1.13. The molecule has 1 saturated carbocycles. The van der Waals surface area contributed by atoms with Crippen molar-refractivity contribution in [2.45, 2.75) is 44.3 Å². The monoisotopic (exact) mass is 238 g/mol. The van der Waals surface area contributed by atoms with Gasteiger partial charge in [0.2, 0.25) is 0 Å². The van der Waals surface area contributed by atoms with Gasteiger partial charge in [0.25, 0.3) is 0 Å². The van der Waals surface area contributed by atoms with Crippen molar-refractivity contribution in [2.24, 2.45) is 11.7 Å². The van der Waals surface area contributed by atoms with Crippen LogP contribution < -0.4 is 5.73 Å². The molecule has 96 valence electrons. The molecule has 0 unspecified atom stereocenters. The largest absolute Gasteiger partial charge is 0.391 e. The standard InChI is InChI=1S/C11H21F3N2/c1-3-16(2)10(8-15)6-4-9(5-7-10)11(12,13)14/h9H,3-8,15H2,1-2H3. The maximum atomic E-state index is 12.5. The minimum Gasteiger partial charge on any atom is -0.329 e. The van der Waals surface area contributed by atoms with E-state index in [4.69, 9.17) is 5.73 Å². The molecule has 0 aromatic heterocycles. The second-order valence-corrected chi connectivity index (χ2v) is 4.76. The van der Waals surface area contributed by atoms with E-state index < -0.39 is 12.1 Å². The number of alkyl halides is 3. The van der Waals surface area contributed by atoms with Gasteiger partial charge in [0.15, 0.2) is 0 Å². The summed E-state index contributed by atoms with van der Waals surface area (Å²) in [7, 11) is 1.95. The van der Waals surface area contributed by atoms with Crippen molar-refractivity contribution in [2.75, 3.05) is 20.1 Å². The van der Waals surface area contributed by atoms with Crippen LogP contribution in [0.2, 0.25) is 0 Å². The van der Waals surface area contributed by atoms with Gasteiger partial charge in [-0.3, -0.25) is 4.90 Å². The topological polar surface area (TPSA) is 29.3 Å². The summed E-state index contributed by atoms with van der Waals surface area (Å²) in [6, 6.07) is 0. The first kappa shape index (κ1) is 13.8. The second-order valence-electron chi connectivity index (χ2n) is 4.76.